The van der Waals surface area contributed by atoms with Gasteiger partial charge in [0.1, 0.15) is 0 Å². The molecule has 2 aromatic rings. The summed E-state index contributed by atoms with van der Waals surface area (Å²) in [6.07, 6.45) is 0. The van der Waals surface area contributed by atoms with Crippen LogP contribution in [0.3, 0.4) is 0 Å². The molecule has 0 spiro atoms. The number of aromatic carboxylic acids is 1. The first-order valence-corrected chi connectivity index (χ1v) is 5.97. The van der Waals surface area contributed by atoms with Gasteiger partial charge >= 0.3 is 5.97 Å². The van der Waals surface area contributed by atoms with Gasteiger partial charge in [-0.25, -0.2) is 4.79 Å². The minimum absolute atomic E-state index is 0.303. The van der Waals surface area contributed by atoms with Crippen molar-refractivity contribution in [3.8, 4) is 0 Å². The van der Waals surface area contributed by atoms with Crippen molar-refractivity contribution in [3.63, 3.8) is 0 Å². The van der Waals surface area contributed by atoms with Crippen LogP contribution in [0.2, 0.25) is 0 Å². The van der Waals surface area contributed by atoms with Gasteiger partial charge < -0.3 is 9.63 Å². The van der Waals surface area contributed by atoms with E-state index in [1.807, 2.05) is 32.2 Å². The third-order valence-electron chi connectivity index (χ3n) is 2.76. The summed E-state index contributed by atoms with van der Waals surface area (Å²) in [5.74, 6) is -0.0841. The van der Waals surface area contributed by atoms with Crippen molar-refractivity contribution >= 4 is 5.97 Å². The van der Waals surface area contributed by atoms with Crippen LogP contribution in [0.1, 0.15) is 27.4 Å². The molecule has 0 aliphatic rings. The Balaban J connectivity index is 1.94. The van der Waals surface area contributed by atoms with Crippen LogP contribution in [0.4, 0.5) is 0 Å². The van der Waals surface area contributed by atoms with Gasteiger partial charge in [-0.3, -0.25) is 4.90 Å². The summed E-state index contributed by atoms with van der Waals surface area (Å²) in [6.45, 7) is 3.28. The van der Waals surface area contributed by atoms with E-state index in [1.165, 1.54) is 0 Å². The predicted octanol–water partition coefficient (Wildman–Crippen LogP) is 2.31. The number of hydrogen-bond donors (Lipinski definition) is 1. The fourth-order valence-electron chi connectivity index (χ4n) is 1.88. The highest BCUT2D eigenvalue weighted by atomic mass is 16.5. The number of hydrogen-bond acceptors (Lipinski definition) is 4. The summed E-state index contributed by atoms with van der Waals surface area (Å²) in [7, 11) is 1.98. The van der Waals surface area contributed by atoms with Crippen LogP contribution in [0.25, 0.3) is 0 Å². The molecule has 0 aliphatic carbocycles. The molecule has 100 valence electrons. The van der Waals surface area contributed by atoms with E-state index in [0.29, 0.717) is 12.1 Å². The van der Waals surface area contributed by atoms with Crippen molar-refractivity contribution in [2.45, 2.75) is 20.0 Å². The van der Waals surface area contributed by atoms with Crippen molar-refractivity contribution < 1.29 is 14.4 Å². The summed E-state index contributed by atoms with van der Waals surface area (Å²) in [5.41, 5.74) is 2.23. The van der Waals surface area contributed by atoms with Crippen molar-refractivity contribution in [1.29, 1.82) is 0 Å². The Morgan fingerprint density at radius 2 is 2.00 bits per heavy atom. The van der Waals surface area contributed by atoms with Gasteiger partial charge in [-0.05, 0) is 31.7 Å². The number of aryl methyl sites for hydroxylation is 1. The van der Waals surface area contributed by atoms with Crippen molar-refractivity contribution in [3.05, 3.63) is 52.9 Å². The summed E-state index contributed by atoms with van der Waals surface area (Å²) in [5, 5.41) is 12.7. The molecule has 1 heterocycles. The molecule has 0 bridgehead atoms. The lowest BCUT2D eigenvalue weighted by atomic mass is 10.1. The van der Waals surface area contributed by atoms with Crippen LogP contribution in [0, 0.1) is 6.92 Å². The van der Waals surface area contributed by atoms with E-state index in [0.717, 1.165) is 23.6 Å². The van der Waals surface area contributed by atoms with E-state index in [4.69, 9.17) is 9.63 Å². The van der Waals surface area contributed by atoms with Crippen molar-refractivity contribution in [2.24, 2.45) is 0 Å². The Kier molecular flexibility index (Phi) is 3.97. The highest BCUT2D eigenvalue weighted by molar-refractivity contribution is 5.87. The highest BCUT2D eigenvalue weighted by Crippen LogP contribution is 2.10. The molecule has 0 radical (unpaired) electrons. The topological polar surface area (TPSA) is 66.6 Å². The Bertz CT molecular complexity index is 560. The fourth-order valence-corrected chi connectivity index (χ4v) is 1.88. The SMILES string of the molecule is Cc1cc(CN(C)Cc2ccc(C(=O)O)cc2)on1. The van der Waals surface area contributed by atoms with Gasteiger partial charge in [-0.2, -0.15) is 0 Å². The van der Waals surface area contributed by atoms with Crippen LogP contribution in [0.15, 0.2) is 34.9 Å². The summed E-state index contributed by atoms with van der Waals surface area (Å²) in [6, 6.07) is 8.79. The van der Waals surface area contributed by atoms with Gasteiger partial charge in [0, 0.05) is 12.6 Å². The zero-order chi connectivity index (χ0) is 13.8. The zero-order valence-electron chi connectivity index (χ0n) is 11.0. The number of carboxylic acid groups (broad SMARTS) is 1. The van der Waals surface area contributed by atoms with Gasteiger partial charge in [0.2, 0.25) is 0 Å². The maximum absolute atomic E-state index is 10.7. The molecule has 0 fully saturated rings. The highest BCUT2D eigenvalue weighted by Gasteiger charge is 2.07. The van der Waals surface area contributed by atoms with E-state index in [1.54, 1.807) is 12.1 Å². The zero-order valence-corrected chi connectivity index (χ0v) is 11.0. The average Bonchev–Trinajstić information content (AvgIpc) is 2.75. The summed E-state index contributed by atoms with van der Waals surface area (Å²) < 4.78 is 5.15. The maximum atomic E-state index is 10.7. The number of nitrogens with zero attached hydrogens (tertiary/aromatic N) is 2. The van der Waals surface area contributed by atoms with E-state index in [9.17, 15) is 4.79 Å². The Hall–Kier alpha value is -2.14. The minimum atomic E-state index is -0.906. The average molecular weight is 260 g/mol. The lowest BCUT2D eigenvalue weighted by Crippen LogP contribution is -2.16. The van der Waals surface area contributed by atoms with Crippen molar-refractivity contribution in [2.75, 3.05) is 7.05 Å². The molecule has 5 heteroatoms. The molecule has 2 rings (SSSR count). The normalized spacial score (nSPS) is 10.9. The first-order chi connectivity index (χ1) is 9.04. The van der Waals surface area contributed by atoms with Gasteiger partial charge in [-0.15, -0.1) is 0 Å². The molecule has 0 unspecified atom stereocenters. The second-order valence-corrected chi connectivity index (χ2v) is 4.61. The molecule has 1 N–H and O–H groups in total. The van der Waals surface area contributed by atoms with E-state index in [2.05, 4.69) is 10.1 Å². The van der Waals surface area contributed by atoms with Crippen LogP contribution in [-0.4, -0.2) is 28.2 Å². The molecule has 1 aromatic heterocycles. The molecule has 0 saturated heterocycles. The Labute approximate surface area is 111 Å². The molecule has 1 aromatic carbocycles. The predicted molar refractivity (Wildman–Crippen MR) is 69.8 cm³/mol. The first-order valence-electron chi connectivity index (χ1n) is 5.97. The van der Waals surface area contributed by atoms with Gasteiger partial charge in [0.25, 0.3) is 0 Å². The van der Waals surface area contributed by atoms with E-state index < -0.39 is 5.97 Å². The lowest BCUT2D eigenvalue weighted by Gasteiger charge is -2.14. The molecular weight excluding hydrogens is 244 g/mol. The lowest BCUT2D eigenvalue weighted by molar-refractivity contribution is 0.0697. The van der Waals surface area contributed by atoms with Gasteiger partial charge in [0.05, 0.1) is 17.8 Å². The first kappa shape index (κ1) is 13.3. The van der Waals surface area contributed by atoms with Crippen LogP contribution in [0.5, 0.6) is 0 Å². The Morgan fingerprint density at radius 1 is 1.32 bits per heavy atom. The summed E-state index contributed by atoms with van der Waals surface area (Å²) >= 11 is 0. The number of carboxylic acids is 1. The second kappa shape index (κ2) is 5.67. The van der Waals surface area contributed by atoms with Crippen molar-refractivity contribution in [1.82, 2.24) is 10.1 Å². The third kappa shape index (κ3) is 3.66. The van der Waals surface area contributed by atoms with Gasteiger partial charge in [-0.1, -0.05) is 17.3 Å². The Morgan fingerprint density at radius 3 is 2.53 bits per heavy atom. The van der Waals surface area contributed by atoms with Crippen LogP contribution < -0.4 is 0 Å². The number of carbonyl (C=O) groups is 1. The van der Waals surface area contributed by atoms with Gasteiger partial charge in [0.15, 0.2) is 5.76 Å². The van der Waals surface area contributed by atoms with E-state index >= 15 is 0 Å². The number of aromatic nitrogens is 1. The smallest absolute Gasteiger partial charge is 0.335 e. The number of rotatable bonds is 5. The number of benzene rings is 1. The molecule has 5 nitrogen and oxygen atoms in total. The molecule has 0 atom stereocenters. The fraction of sp³-hybridized carbons (Fsp3) is 0.286. The molecule has 0 saturated carbocycles. The quantitative estimate of drug-likeness (QED) is 0.893. The standard InChI is InChI=1S/C14H16N2O3/c1-10-7-13(19-15-10)9-16(2)8-11-3-5-12(6-4-11)14(17)18/h3-7H,8-9H2,1-2H3,(H,17,18). The van der Waals surface area contributed by atoms with E-state index in [-0.39, 0.29) is 0 Å². The molecule has 19 heavy (non-hydrogen) atoms. The monoisotopic (exact) mass is 260 g/mol. The largest absolute Gasteiger partial charge is 0.478 e. The minimum Gasteiger partial charge on any atom is -0.478 e. The maximum Gasteiger partial charge on any atom is 0.335 e. The second-order valence-electron chi connectivity index (χ2n) is 4.61. The molecule has 0 amide bonds. The molecular formula is C14H16N2O3. The third-order valence-corrected chi connectivity index (χ3v) is 2.76. The van der Waals surface area contributed by atoms with Crippen LogP contribution >= 0.6 is 0 Å². The van der Waals surface area contributed by atoms with Crippen LogP contribution in [-0.2, 0) is 13.1 Å². The summed E-state index contributed by atoms with van der Waals surface area (Å²) in [4.78, 5) is 12.8. The molecule has 0 aliphatic heterocycles.